The molecule has 0 aromatic heterocycles. The SMILES string of the molecule is Fc1cc(Br)cc(CNCCCCCCl)c1. The standard InChI is InChI=1S/C12H16BrClFN/c13-11-6-10(7-12(15)8-11)9-16-5-3-1-2-4-14/h6-8,16H,1-5,9H2. The third-order valence-corrected chi connectivity index (χ3v) is 2.96. The Labute approximate surface area is 110 Å². The Morgan fingerprint density at radius 3 is 2.69 bits per heavy atom. The summed E-state index contributed by atoms with van der Waals surface area (Å²) in [4.78, 5) is 0. The van der Waals surface area contributed by atoms with Crippen molar-refractivity contribution in [1.82, 2.24) is 5.32 Å². The molecule has 1 N–H and O–H groups in total. The zero-order valence-corrected chi connectivity index (χ0v) is 11.5. The van der Waals surface area contributed by atoms with Gasteiger partial charge in [-0.2, -0.15) is 0 Å². The third kappa shape index (κ3) is 5.83. The fourth-order valence-electron chi connectivity index (χ4n) is 1.47. The molecule has 0 aliphatic rings. The van der Waals surface area contributed by atoms with Crippen LogP contribution in [0.4, 0.5) is 4.39 Å². The molecule has 1 aromatic carbocycles. The van der Waals surface area contributed by atoms with E-state index in [0.717, 1.165) is 41.7 Å². The molecule has 0 unspecified atom stereocenters. The summed E-state index contributed by atoms with van der Waals surface area (Å²) in [7, 11) is 0. The fraction of sp³-hybridized carbons (Fsp3) is 0.500. The van der Waals surface area contributed by atoms with Gasteiger partial charge in [0.2, 0.25) is 0 Å². The summed E-state index contributed by atoms with van der Waals surface area (Å²) >= 11 is 8.85. The maximum atomic E-state index is 13.0. The smallest absolute Gasteiger partial charge is 0.124 e. The first kappa shape index (κ1) is 13.9. The number of unbranched alkanes of at least 4 members (excludes halogenated alkanes) is 2. The average molecular weight is 309 g/mol. The molecule has 1 rings (SSSR count). The fourth-order valence-corrected chi connectivity index (χ4v) is 2.17. The second-order valence-corrected chi connectivity index (χ2v) is 5.00. The Morgan fingerprint density at radius 2 is 2.00 bits per heavy atom. The molecule has 0 fully saturated rings. The van der Waals surface area contributed by atoms with Crippen LogP contribution in [0.15, 0.2) is 22.7 Å². The van der Waals surface area contributed by atoms with Crippen LogP contribution in [0.2, 0.25) is 0 Å². The average Bonchev–Trinajstić information content (AvgIpc) is 2.22. The molecular weight excluding hydrogens is 292 g/mol. The van der Waals surface area contributed by atoms with E-state index in [9.17, 15) is 4.39 Å². The van der Waals surface area contributed by atoms with Crippen LogP contribution < -0.4 is 5.32 Å². The number of alkyl halides is 1. The molecule has 0 bridgehead atoms. The van der Waals surface area contributed by atoms with E-state index >= 15 is 0 Å². The van der Waals surface area contributed by atoms with Crippen LogP contribution >= 0.6 is 27.5 Å². The lowest BCUT2D eigenvalue weighted by Crippen LogP contribution is -2.14. The van der Waals surface area contributed by atoms with Crippen LogP contribution in [0.3, 0.4) is 0 Å². The van der Waals surface area contributed by atoms with E-state index in [4.69, 9.17) is 11.6 Å². The lowest BCUT2D eigenvalue weighted by molar-refractivity contribution is 0.604. The summed E-state index contributed by atoms with van der Waals surface area (Å²) in [5.74, 6) is 0.532. The zero-order valence-electron chi connectivity index (χ0n) is 9.11. The van der Waals surface area contributed by atoms with Crippen LogP contribution in [0.25, 0.3) is 0 Å². The Hall–Kier alpha value is -0.120. The van der Waals surface area contributed by atoms with Crippen LogP contribution in [-0.4, -0.2) is 12.4 Å². The summed E-state index contributed by atoms with van der Waals surface area (Å²) < 4.78 is 13.8. The van der Waals surface area contributed by atoms with Crippen molar-refractivity contribution < 1.29 is 4.39 Å². The molecule has 16 heavy (non-hydrogen) atoms. The minimum absolute atomic E-state index is 0.201. The maximum Gasteiger partial charge on any atom is 0.124 e. The predicted octanol–water partition coefficient (Wildman–Crippen LogP) is 4.09. The number of benzene rings is 1. The largest absolute Gasteiger partial charge is 0.313 e. The van der Waals surface area contributed by atoms with Crippen molar-refractivity contribution in [3.63, 3.8) is 0 Å². The van der Waals surface area contributed by atoms with Gasteiger partial charge in [0.15, 0.2) is 0 Å². The van der Waals surface area contributed by atoms with Crippen LogP contribution in [0.1, 0.15) is 24.8 Å². The quantitative estimate of drug-likeness (QED) is 0.591. The molecule has 1 aromatic rings. The molecule has 1 nitrogen and oxygen atoms in total. The molecule has 0 aliphatic carbocycles. The summed E-state index contributed by atoms with van der Waals surface area (Å²) in [6.07, 6.45) is 3.32. The first-order valence-electron chi connectivity index (χ1n) is 5.44. The second-order valence-electron chi connectivity index (χ2n) is 3.70. The Balaban J connectivity index is 2.21. The van der Waals surface area contributed by atoms with E-state index in [1.165, 1.54) is 6.07 Å². The van der Waals surface area contributed by atoms with Gasteiger partial charge in [0, 0.05) is 16.9 Å². The summed E-state index contributed by atoms with van der Waals surface area (Å²) in [5.41, 5.74) is 0.962. The molecular formula is C12H16BrClFN. The van der Waals surface area contributed by atoms with Gasteiger partial charge in [-0.05, 0) is 43.1 Å². The van der Waals surface area contributed by atoms with Crippen LogP contribution in [0, 0.1) is 5.82 Å². The van der Waals surface area contributed by atoms with Crippen LogP contribution in [0.5, 0.6) is 0 Å². The minimum Gasteiger partial charge on any atom is -0.313 e. The Bertz CT molecular complexity index is 300. The van der Waals surface area contributed by atoms with Gasteiger partial charge in [-0.1, -0.05) is 22.4 Å². The van der Waals surface area contributed by atoms with Crippen LogP contribution in [-0.2, 0) is 6.54 Å². The minimum atomic E-state index is -0.201. The highest BCUT2D eigenvalue weighted by Crippen LogP contribution is 2.14. The van der Waals surface area contributed by atoms with Gasteiger partial charge >= 0.3 is 0 Å². The molecule has 0 saturated carbocycles. The van der Waals surface area contributed by atoms with Gasteiger partial charge in [0.25, 0.3) is 0 Å². The van der Waals surface area contributed by atoms with E-state index in [-0.39, 0.29) is 5.82 Å². The van der Waals surface area contributed by atoms with E-state index in [1.807, 2.05) is 6.07 Å². The normalized spacial score (nSPS) is 10.7. The highest BCUT2D eigenvalue weighted by Gasteiger charge is 1.98. The van der Waals surface area contributed by atoms with Crippen molar-refractivity contribution in [2.24, 2.45) is 0 Å². The summed E-state index contributed by atoms with van der Waals surface area (Å²) in [6, 6.07) is 4.94. The molecule has 4 heteroatoms. The first-order chi connectivity index (χ1) is 7.72. The predicted molar refractivity (Wildman–Crippen MR) is 70.4 cm³/mol. The topological polar surface area (TPSA) is 12.0 Å². The second kappa shape index (κ2) is 8.04. The number of nitrogens with one attached hydrogen (secondary N) is 1. The number of hydrogen-bond acceptors (Lipinski definition) is 1. The lowest BCUT2D eigenvalue weighted by atomic mass is 10.2. The van der Waals surface area contributed by atoms with Gasteiger partial charge in [0.05, 0.1) is 0 Å². The zero-order chi connectivity index (χ0) is 11.8. The number of hydrogen-bond donors (Lipinski definition) is 1. The van der Waals surface area contributed by atoms with E-state index in [1.54, 1.807) is 6.07 Å². The summed E-state index contributed by atoms with van der Waals surface area (Å²) in [5, 5.41) is 3.28. The van der Waals surface area contributed by atoms with Crippen molar-refractivity contribution in [2.75, 3.05) is 12.4 Å². The Kier molecular flexibility index (Phi) is 7.01. The van der Waals surface area contributed by atoms with E-state index in [2.05, 4.69) is 21.2 Å². The number of halogens is 3. The highest BCUT2D eigenvalue weighted by molar-refractivity contribution is 9.10. The molecule has 0 amide bonds. The van der Waals surface area contributed by atoms with Gasteiger partial charge in [-0.25, -0.2) is 4.39 Å². The molecule has 0 heterocycles. The van der Waals surface area contributed by atoms with E-state index < -0.39 is 0 Å². The molecule has 90 valence electrons. The van der Waals surface area contributed by atoms with Crippen molar-refractivity contribution in [3.8, 4) is 0 Å². The molecule has 0 atom stereocenters. The van der Waals surface area contributed by atoms with Gasteiger partial charge in [-0.15, -0.1) is 11.6 Å². The molecule has 0 saturated heterocycles. The van der Waals surface area contributed by atoms with Crippen molar-refractivity contribution in [3.05, 3.63) is 34.1 Å². The van der Waals surface area contributed by atoms with Crippen molar-refractivity contribution in [2.45, 2.75) is 25.8 Å². The molecule has 0 aliphatic heterocycles. The molecule has 0 radical (unpaired) electrons. The van der Waals surface area contributed by atoms with Crippen molar-refractivity contribution >= 4 is 27.5 Å². The van der Waals surface area contributed by atoms with Gasteiger partial charge in [0.1, 0.15) is 5.82 Å². The van der Waals surface area contributed by atoms with Gasteiger partial charge in [-0.3, -0.25) is 0 Å². The van der Waals surface area contributed by atoms with Crippen molar-refractivity contribution in [1.29, 1.82) is 0 Å². The lowest BCUT2D eigenvalue weighted by Gasteiger charge is -2.05. The highest BCUT2D eigenvalue weighted by atomic mass is 79.9. The van der Waals surface area contributed by atoms with E-state index in [0.29, 0.717) is 6.54 Å². The monoisotopic (exact) mass is 307 g/mol. The summed E-state index contributed by atoms with van der Waals surface area (Å²) in [6.45, 7) is 1.66. The number of rotatable bonds is 7. The maximum absolute atomic E-state index is 13.0. The third-order valence-electron chi connectivity index (χ3n) is 2.24. The first-order valence-corrected chi connectivity index (χ1v) is 6.77. The van der Waals surface area contributed by atoms with Gasteiger partial charge < -0.3 is 5.32 Å². The Morgan fingerprint density at radius 1 is 1.19 bits per heavy atom. The molecule has 0 spiro atoms.